The summed E-state index contributed by atoms with van der Waals surface area (Å²) >= 11 is 0. The topological polar surface area (TPSA) is 79.8 Å². The molecule has 0 N–H and O–H groups in total. The maximum Gasteiger partial charge on any atom is 0.259 e. The molecule has 7 nitrogen and oxygen atoms in total. The molecule has 1 amide bonds. The Labute approximate surface area is 172 Å². The van der Waals surface area contributed by atoms with Crippen molar-refractivity contribution in [2.75, 3.05) is 33.3 Å². The fraction of sp³-hybridized carbons (Fsp3) is 0.429. The second-order valence-electron chi connectivity index (χ2n) is 7.13. The minimum absolute atomic E-state index is 0.204. The van der Waals surface area contributed by atoms with E-state index in [-0.39, 0.29) is 24.9 Å². The highest BCUT2D eigenvalue weighted by atomic mass is 32.2. The van der Waals surface area contributed by atoms with Gasteiger partial charge in [-0.1, -0.05) is 26.0 Å². The molecule has 0 unspecified atom stereocenters. The molecular weight excluding hydrogens is 390 g/mol. The number of carbonyl (C=O) groups excluding carboxylic acids is 1. The molecule has 29 heavy (non-hydrogen) atoms. The van der Waals surface area contributed by atoms with Crippen molar-refractivity contribution in [3.8, 4) is 5.88 Å². The van der Waals surface area contributed by atoms with E-state index in [9.17, 15) is 13.2 Å². The van der Waals surface area contributed by atoms with Gasteiger partial charge in [0.05, 0.1) is 12.0 Å². The van der Waals surface area contributed by atoms with Crippen LogP contribution in [0.1, 0.15) is 42.1 Å². The summed E-state index contributed by atoms with van der Waals surface area (Å²) in [6, 6.07) is 10.5. The number of hydrogen-bond acceptors (Lipinski definition) is 5. The molecule has 1 aliphatic rings. The Hall–Kier alpha value is -2.45. The van der Waals surface area contributed by atoms with E-state index in [1.165, 1.54) is 11.4 Å². The SMILES string of the molecule is CC[C@@H](C)c1ccc(S(=O)(=O)N2CCN(C(=O)c3cccnc3OC)CC2)cc1. The normalized spacial score (nSPS) is 16.4. The zero-order valence-corrected chi connectivity index (χ0v) is 17.9. The van der Waals surface area contributed by atoms with Gasteiger partial charge in [0.2, 0.25) is 15.9 Å². The molecule has 1 aromatic carbocycles. The summed E-state index contributed by atoms with van der Waals surface area (Å²) in [6.45, 7) is 5.38. The summed E-state index contributed by atoms with van der Waals surface area (Å²) in [5.41, 5.74) is 1.51. The Kier molecular flexibility index (Phi) is 6.54. The molecule has 0 bridgehead atoms. The minimum atomic E-state index is -3.58. The van der Waals surface area contributed by atoms with E-state index in [1.54, 1.807) is 35.4 Å². The van der Waals surface area contributed by atoms with Crippen LogP contribution in [0.25, 0.3) is 0 Å². The van der Waals surface area contributed by atoms with Crippen LogP contribution in [0.4, 0.5) is 0 Å². The van der Waals surface area contributed by atoms with Crippen LogP contribution in [0.3, 0.4) is 0 Å². The molecule has 1 atom stereocenters. The summed E-state index contributed by atoms with van der Waals surface area (Å²) in [6.07, 6.45) is 2.57. The van der Waals surface area contributed by atoms with Gasteiger partial charge >= 0.3 is 0 Å². The first-order valence-electron chi connectivity index (χ1n) is 9.76. The van der Waals surface area contributed by atoms with Crippen molar-refractivity contribution in [1.82, 2.24) is 14.2 Å². The quantitative estimate of drug-likeness (QED) is 0.722. The van der Waals surface area contributed by atoms with Crippen LogP contribution in [0.2, 0.25) is 0 Å². The average Bonchev–Trinajstić information content (AvgIpc) is 2.78. The first-order chi connectivity index (χ1) is 13.9. The Morgan fingerprint density at radius 3 is 2.38 bits per heavy atom. The first kappa shape index (κ1) is 21.3. The number of carbonyl (C=O) groups is 1. The highest BCUT2D eigenvalue weighted by Gasteiger charge is 2.31. The lowest BCUT2D eigenvalue weighted by Crippen LogP contribution is -2.50. The van der Waals surface area contributed by atoms with Crippen molar-refractivity contribution in [2.24, 2.45) is 0 Å². The van der Waals surface area contributed by atoms with Gasteiger partial charge in [0, 0.05) is 32.4 Å². The number of benzene rings is 1. The van der Waals surface area contributed by atoms with Crippen LogP contribution < -0.4 is 4.74 Å². The van der Waals surface area contributed by atoms with E-state index in [4.69, 9.17) is 4.74 Å². The number of nitrogens with zero attached hydrogens (tertiary/aromatic N) is 3. The number of pyridine rings is 1. The smallest absolute Gasteiger partial charge is 0.259 e. The Bertz CT molecular complexity index is 952. The van der Waals surface area contributed by atoms with Crippen molar-refractivity contribution in [2.45, 2.75) is 31.1 Å². The van der Waals surface area contributed by atoms with Gasteiger partial charge in [-0.3, -0.25) is 4.79 Å². The van der Waals surface area contributed by atoms with Crippen molar-refractivity contribution in [1.29, 1.82) is 0 Å². The zero-order valence-electron chi connectivity index (χ0n) is 17.0. The molecule has 1 aromatic heterocycles. The third kappa shape index (κ3) is 4.43. The molecule has 156 valence electrons. The van der Waals surface area contributed by atoms with Gasteiger partial charge in [-0.15, -0.1) is 0 Å². The molecule has 1 saturated heterocycles. The largest absolute Gasteiger partial charge is 0.480 e. The maximum absolute atomic E-state index is 13.0. The molecule has 0 aliphatic carbocycles. The Morgan fingerprint density at radius 1 is 1.14 bits per heavy atom. The molecule has 0 saturated carbocycles. The molecule has 2 heterocycles. The van der Waals surface area contributed by atoms with Crippen LogP contribution in [0, 0.1) is 0 Å². The van der Waals surface area contributed by atoms with E-state index in [2.05, 4.69) is 18.8 Å². The lowest BCUT2D eigenvalue weighted by Gasteiger charge is -2.34. The van der Waals surface area contributed by atoms with E-state index in [0.717, 1.165) is 12.0 Å². The fourth-order valence-electron chi connectivity index (χ4n) is 3.37. The zero-order chi connectivity index (χ0) is 21.0. The predicted octanol–water partition coefficient (Wildman–Crippen LogP) is 2.75. The molecule has 2 aromatic rings. The van der Waals surface area contributed by atoms with Crippen LogP contribution in [0.15, 0.2) is 47.5 Å². The predicted molar refractivity (Wildman–Crippen MR) is 111 cm³/mol. The Balaban J connectivity index is 1.69. The summed E-state index contributed by atoms with van der Waals surface area (Å²) in [7, 11) is -2.11. The van der Waals surface area contributed by atoms with Crippen LogP contribution in [0.5, 0.6) is 5.88 Å². The summed E-state index contributed by atoms with van der Waals surface area (Å²) < 4.78 is 32.6. The van der Waals surface area contributed by atoms with Crippen molar-refractivity contribution >= 4 is 15.9 Å². The van der Waals surface area contributed by atoms with E-state index in [0.29, 0.717) is 29.5 Å². The highest BCUT2D eigenvalue weighted by Crippen LogP contribution is 2.24. The van der Waals surface area contributed by atoms with Crippen molar-refractivity contribution < 1.29 is 17.9 Å². The lowest BCUT2D eigenvalue weighted by atomic mass is 9.99. The third-order valence-corrected chi connectivity index (χ3v) is 7.33. The summed E-state index contributed by atoms with van der Waals surface area (Å²) in [4.78, 5) is 18.8. The van der Waals surface area contributed by atoms with Gasteiger partial charge in [-0.25, -0.2) is 13.4 Å². The van der Waals surface area contributed by atoms with Gasteiger partial charge in [-0.05, 0) is 42.2 Å². The second kappa shape index (κ2) is 8.92. The fourth-order valence-corrected chi connectivity index (χ4v) is 4.79. The third-order valence-electron chi connectivity index (χ3n) is 5.42. The van der Waals surface area contributed by atoms with Gasteiger partial charge in [0.15, 0.2) is 0 Å². The summed E-state index contributed by atoms with van der Waals surface area (Å²) in [5.74, 6) is 0.463. The van der Waals surface area contributed by atoms with Crippen LogP contribution in [-0.2, 0) is 10.0 Å². The van der Waals surface area contributed by atoms with Gasteiger partial charge in [0.25, 0.3) is 5.91 Å². The van der Waals surface area contributed by atoms with Crippen molar-refractivity contribution in [3.63, 3.8) is 0 Å². The standard InChI is InChI=1S/C21H27N3O4S/c1-4-16(2)17-7-9-18(10-8-17)29(26,27)24-14-12-23(13-15-24)21(25)19-6-5-11-22-20(19)28-3/h5-11,16H,4,12-15H2,1-3H3/t16-/m1/s1. The monoisotopic (exact) mass is 417 g/mol. The molecule has 3 rings (SSSR count). The maximum atomic E-state index is 13.0. The number of aromatic nitrogens is 1. The molecule has 1 fully saturated rings. The number of amides is 1. The van der Waals surface area contributed by atoms with E-state index < -0.39 is 10.0 Å². The average molecular weight is 418 g/mol. The summed E-state index contributed by atoms with van der Waals surface area (Å²) in [5, 5.41) is 0. The van der Waals surface area contributed by atoms with E-state index >= 15 is 0 Å². The number of piperazine rings is 1. The number of hydrogen-bond donors (Lipinski definition) is 0. The van der Waals surface area contributed by atoms with Gasteiger partial charge in [-0.2, -0.15) is 4.31 Å². The molecule has 1 aliphatic heterocycles. The van der Waals surface area contributed by atoms with E-state index in [1.807, 2.05) is 12.1 Å². The number of sulfonamides is 1. The first-order valence-corrected chi connectivity index (χ1v) is 11.2. The van der Waals surface area contributed by atoms with Gasteiger partial charge in [0.1, 0.15) is 5.56 Å². The van der Waals surface area contributed by atoms with Crippen LogP contribution in [-0.4, -0.2) is 61.8 Å². The number of methoxy groups -OCH3 is 1. The lowest BCUT2D eigenvalue weighted by molar-refractivity contribution is 0.0693. The Morgan fingerprint density at radius 2 is 1.79 bits per heavy atom. The number of rotatable bonds is 6. The number of ether oxygens (including phenoxy) is 1. The van der Waals surface area contributed by atoms with Crippen molar-refractivity contribution in [3.05, 3.63) is 53.7 Å². The molecular formula is C21H27N3O4S. The van der Waals surface area contributed by atoms with Crippen LogP contribution >= 0.6 is 0 Å². The second-order valence-corrected chi connectivity index (χ2v) is 9.07. The minimum Gasteiger partial charge on any atom is -0.480 e. The molecule has 0 radical (unpaired) electrons. The molecule has 8 heteroatoms. The van der Waals surface area contributed by atoms with Gasteiger partial charge < -0.3 is 9.64 Å². The highest BCUT2D eigenvalue weighted by molar-refractivity contribution is 7.89. The molecule has 0 spiro atoms.